The molecule has 0 aliphatic carbocycles. The molecule has 0 unspecified atom stereocenters. The van der Waals surface area contributed by atoms with Crippen LogP contribution in [0, 0.1) is 0 Å². The van der Waals surface area contributed by atoms with E-state index < -0.39 is 0 Å². The number of anilines is 3. The number of aromatic nitrogens is 6. The molecule has 8 nitrogen and oxygen atoms in total. The zero-order valence-corrected chi connectivity index (χ0v) is 58.4. The van der Waals surface area contributed by atoms with E-state index in [0.29, 0.717) is 11.6 Å². The van der Waals surface area contributed by atoms with E-state index in [-0.39, 0.29) is 0 Å². The van der Waals surface area contributed by atoms with E-state index in [4.69, 9.17) is 24.4 Å². The maximum atomic E-state index is 7.37. The van der Waals surface area contributed by atoms with Gasteiger partial charge in [-0.1, -0.05) is 267 Å². The Morgan fingerprint density at radius 3 is 1.27 bits per heavy atom. The van der Waals surface area contributed by atoms with Crippen molar-refractivity contribution in [1.82, 2.24) is 29.1 Å². The Balaban J connectivity index is 0.692. The summed E-state index contributed by atoms with van der Waals surface area (Å²) < 4.78 is 12.2. The lowest BCUT2D eigenvalue weighted by atomic mass is 9.90. The highest BCUT2D eigenvalue weighted by Gasteiger charge is 2.32. The summed E-state index contributed by atoms with van der Waals surface area (Å²) in [5, 5.41) is 5.85. The first-order valence-corrected chi connectivity index (χ1v) is 36.6. The van der Waals surface area contributed by atoms with Gasteiger partial charge in [0.05, 0.1) is 56.2 Å². The van der Waals surface area contributed by atoms with Gasteiger partial charge < -0.3 is 18.5 Å². The number of nitrogens with zero attached hydrogens (tertiary/aromatic N) is 7. The SMILES string of the molecule is c1ccc(-c2cc(-c3ccc(-c4cc5c6c(oc5cc4-c4cccc(-c5nc(-c7ccccc7)cc(-c7ccc(-n8c9ccccc9c9ccc(-c%10ccc%11c(c%10)c%10ccccc%10n%11-c%10ccccc%10)cc98)cc7)n5)c4)-c4ccccc4N(c4ccccc4)c4ccccc4-6)cc3)nc(-c3ccccc3)n2)cc1. The van der Waals surface area contributed by atoms with Crippen LogP contribution in [0.3, 0.4) is 0 Å². The highest BCUT2D eigenvalue weighted by Crippen LogP contribution is 2.55. The van der Waals surface area contributed by atoms with Crippen molar-refractivity contribution in [3.8, 4) is 135 Å². The first-order valence-electron chi connectivity index (χ1n) is 36.6. The van der Waals surface area contributed by atoms with Crippen molar-refractivity contribution in [2.45, 2.75) is 0 Å². The van der Waals surface area contributed by atoms with Gasteiger partial charge in [-0.15, -0.1) is 0 Å². The summed E-state index contributed by atoms with van der Waals surface area (Å²) in [5.74, 6) is 2.09. The van der Waals surface area contributed by atoms with Gasteiger partial charge in [-0.25, -0.2) is 19.9 Å². The Bertz CT molecular complexity index is 6830. The van der Waals surface area contributed by atoms with Crippen molar-refractivity contribution in [1.29, 1.82) is 0 Å². The van der Waals surface area contributed by atoms with Gasteiger partial charge in [0.1, 0.15) is 11.3 Å². The average molecular weight is 1380 g/mol. The Hall–Kier alpha value is -14.6. The van der Waals surface area contributed by atoms with E-state index >= 15 is 0 Å². The molecule has 0 fully saturated rings. The molecule has 0 atom stereocenters. The standard InChI is InChI=1S/C100H63N7O/c1-6-25-65(26-7-1)86-62-88(102-99(101-86)69-29-10-3-11-30-69)67-47-45-64(46-48-67)82-60-85-96(108-98-81-40-19-23-44-93(81)106(75-35-14-5-15-36-75)92-43-22-18-39-80(92)97(85)98)61-83(82)72-31-24-32-73(57-72)100-103-87(66-27-8-2-9-28-66)63-89(104-100)68-49-53-76(54-50-68)107-90-41-20-16-37-77(90)79-55-51-71(59-95(79)107)70-52-56-94-84(58-70)78-38-17-21-42-91(78)105(94)74-33-12-4-13-34-74/h1-63H. The quantitative estimate of drug-likeness (QED) is 0.121. The van der Waals surface area contributed by atoms with Crippen LogP contribution in [-0.4, -0.2) is 29.1 Å². The number of rotatable bonds is 12. The third kappa shape index (κ3) is 10.6. The highest BCUT2D eigenvalue weighted by molar-refractivity contribution is 6.15. The molecule has 0 N–H and O–H groups in total. The summed E-state index contributed by atoms with van der Waals surface area (Å²) in [6.07, 6.45) is 0. The molecule has 15 aromatic carbocycles. The molecule has 0 spiro atoms. The third-order valence-electron chi connectivity index (χ3n) is 21.3. The molecular formula is C100H63N7O. The molecule has 6 heterocycles. The molecule has 0 amide bonds. The molecule has 20 aromatic rings. The lowest BCUT2D eigenvalue weighted by Crippen LogP contribution is -2.10. The zero-order valence-electron chi connectivity index (χ0n) is 58.4. The van der Waals surface area contributed by atoms with Gasteiger partial charge in [-0.3, -0.25) is 0 Å². The fourth-order valence-electron chi connectivity index (χ4n) is 16.2. The van der Waals surface area contributed by atoms with Crippen LogP contribution >= 0.6 is 0 Å². The van der Waals surface area contributed by atoms with Crippen molar-refractivity contribution in [3.63, 3.8) is 0 Å². The second kappa shape index (κ2) is 25.7. The Morgan fingerprint density at radius 1 is 0.213 bits per heavy atom. The second-order valence-corrected chi connectivity index (χ2v) is 27.6. The zero-order chi connectivity index (χ0) is 71.2. The van der Waals surface area contributed by atoms with Gasteiger partial charge in [0.15, 0.2) is 11.6 Å². The number of para-hydroxylation sites is 6. The number of benzene rings is 15. The van der Waals surface area contributed by atoms with E-state index in [2.05, 4.69) is 366 Å². The number of hydrogen-bond acceptors (Lipinski definition) is 6. The molecule has 5 aromatic heterocycles. The van der Waals surface area contributed by atoms with Gasteiger partial charge in [-0.2, -0.15) is 0 Å². The van der Waals surface area contributed by atoms with Crippen LogP contribution in [0.5, 0.6) is 0 Å². The number of fused-ring (bicyclic) bond motifs is 13. The van der Waals surface area contributed by atoms with E-state index in [9.17, 15) is 0 Å². The van der Waals surface area contributed by atoms with Crippen molar-refractivity contribution in [2.75, 3.05) is 4.90 Å². The lowest BCUT2D eigenvalue weighted by Gasteiger charge is -2.27. The smallest absolute Gasteiger partial charge is 0.160 e. The fraction of sp³-hybridized carbons (Fsp3) is 0. The van der Waals surface area contributed by atoms with Gasteiger partial charge in [0.2, 0.25) is 0 Å². The predicted molar refractivity (Wildman–Crippen MR) is 444 cm³/mol. The molecule has 504 valence electrons. The molecule has 1 aliphatic heterocycles. The monoisotopic (exact) mass is 1380 g/mol. The van der Waals surface area contributed by atoms with Crippen LogP contribution in [0.1, 0.15) is 0 Å². The molecule has 0 saturated heterocycles. The lowest BCUT2D eigenvalue weighted by molar-refractivity contribution is 0.633. The summed E-state index contributed by atoms with van der Waals surface area (Å²) >= 11 is 0. The molecule has 0 saturated carbocycles. The van der Waals surface area contributed by atoms with Crippen LogP contribution in [0.2, 0.25) is 0 Å². The van der Waals surface area contributed by atoms with Gasteiger partial charge in [0.25, 0.3) is 0 Å². The average Bonchev–Trinajstić information content (AvgIpc) is 1.55. The summed E-state index contributed by atoms with van der Waals surface area (Å²) in [7, 11) is 0. The van der Waals surface area contributed by atoms with E-state index in [1.165, 1.54) is 32.6 Å². The summed E-state index contributed by atoms with van der Waals surface area (Å²) in [4.78, 5) is 23.7. The first-order chi connectivity index (χ1) is 53.5. The van der Waals surface area contributed by atoms with E-state index in [0.717, 1.165) is 162 Å². The van der Waals surface area contributed by atoms with Crippen molar-refractivity contribution in [3.05, 3.63) is 382 Å². The molecule has 0 radical (unpaired) electrons. The fourth-order valence-corrected chi connectivity index (χ4v) is 16.2. The Labute approximate surface area is 623 Å². The second-order valence-electron chi connectivity index (χ2n) is 27.6. The van der Waals surface area contributed by atoms with Crippen molar-refractivity contribution < 1.29 is 4.42 Å². The Kier molecular flexibility index (Phi) is 14.7. The molecule has 21 rings (SSSR count). The minimum absolute atomic E-state index is 0.609. The van der Waals surface area contributed by atoms with Gasteiger partial charge in [-0.05, 0) is 149 Å². The van der Waals surface area contributed by atoms with Gasteiger partial charge in [0, 0.05) is 94.1 Å². The minimum atomic E-state index is 0.609. The molecule has 1 aliphatic rings. The van der Waals surface area contributed by atoms with Crippen LogP contribution < -0.4 is 4.90 Å². The van der Waals surface area contributed by atoms with Crippen molar-refractivity contribution in [2.24, 2.45) is 0 Å². The van der Waals surface area contributed by atoms with Gasteiger partial charge >= 0.3 is 0 Å². The summed E-state index contributed by atoms with van der Waals surface area (Å²) in [6, 6.07) is 136. The highest BCUT2D eigenvalue weighted by atomic mass is 16.3. The number of hydrogen-bond donors (Lipinski definition) is 0. The number of furan rings is 1. The maximum absolute atomic E-state index is 7.37. The van der Waals surface area contributed by atoms with E-state index in [1.54, 1.807) is 0 Å². The normalized spacial score (nSPS) is 11.9. The molecule has 108 heavy (non-hydrogen) atoms. The maximum Gasteiger partial charge on any atom is 0.160 e. The predicted octanol–water partition coefficient (Wildman–Crippen LogP) is 26.3. The molecular weight excluding hydrogens is 1320 g/mol. The van der Waals surface area contributed by atoms with Crippen LogP contribution in [0.4, 0.5) is 17.1 Å². The topological polar surface area (TPSA) is 77.8 Å². The largest absolute Gasteiger partial charge is 0.455 e. The molecule has 8 heteroatoms. The van der Waals surface area contributed by atoms with Crippen LogP contribution in [0.15, 0.2) is 387 Å². The summed E-state index contributed by atoms with van der Waals surface area (Å²) in [6.45, 7) is 0. The van der Waals surface area contributed by atoms with Crippen LogP contribution in [-0.2, 0) is 0 Å². The first kappa shape index (κ1) is 62.0. The third-order valence-corrected chi connectivity index (χ3v) is 21.3. The van der Waals surface area contributed by atoms with E-state index in [1.807, 2.05) is 30.3 Å². The minimum Gasteiger partial charge on any atom is -0.455 e. The van der Waals surface area contributed by atoms with Crippen molar-refractivity contribution >= 4 is 71.6 Å². The molecule has 0 bridgehead atoms. The van der Waals surface area contributed by atoms with Crippen LogP contribution in [0.25, 0.3) is 190 Å². The Morgan fingerprint density at radius 2 is 0.630 bits per heavy atom. The summed E-state index contributed by atoms with van der Waals surface area (Å²) in [5.41, 5.74) is 29.3.